The summed E-state index contributed by atoms with van der Waals surface area (Å²) >= 11 is 7.60. The number of thioether (sulfide) groups is 1. The first-order chi connectivity index (χ1) is 16.4. The van der Waals surface area contributed by atoms with Crippen LogP contribution in [0, 0.1) is 0 Å². The highest BCUT2D eigenvalue weighted by molar-refractivity contribution is 9.10. The Kier molecular flexibility index (Phi) is 8.28. The minimum atomic E-state index is -0.390. The zero-order valence-electron chi connectivity index (χ0n) is 18.8. The number of anilines is 1. The van der Waals surface area contributed by atoms with Crippen molar-refractivity contribution in [1.82, 2.24) is 4.57 Å². The Morgan fingerprint density at radius 2 is 2.03 bits per heavy atom. The van der Waals surface area contributed by atoms with Gasteiger partial charge in [-0.1, -0.05) is 27.3 Å². The summed E-state index contributed by atoms with van der Waals surface area (Å²) in [6.07, 6.45) is 2.75. The summed E-state index contributed by atoms with van der Waals surface area (Å²) in [5.74, 6) is -0.732. The number of carbonyl (C=O) groups is 3. The lowest BCUT2D eigenvalue weighted by molar-refractivity contribution is -0.115. The number of nitrogens with one attached hydrogen (secondary N) is 1. The van der Waals surface area contributed by atoms with Gasteiger partial charge in [0.1, 0.15) is 5.00 Å². The summed E-state index contributed by atoms with van der Waals surface area (Å²) in [5, 5.41) is 3.40. The van der Waals surface area contributed by atoms with E-state index in [-0.39, 0.29) is 29.9 Å². The van der Waals surface area contributed by atoms with Gasteiger partial charge in [-0.05, 0) is 56.9 Å². The van der Waals surface area contributed by atoms with Crippen LogP contribution in [0.25, 0.3) is 10.2 Å². The number of halogens is 1. The van der Waals surface area contributed by atoms with Crippen molar-refractivity contribution in [2.75, 3.05) is 23.4 Å². The normalized spacial score (nSPS) is 13.3. The fraction of sp³-hybridized carbons (Fsp3) is 0.391. The van der Waals surface area contributed by atoms with Crippen LogP contribution in [0.2, 0.25) is 0 Å². The molecule has 1 aliphatic carbocycles. The molecule has 0 spiro atoms. The average Bonchev–Trinajstić information content (AvgIpc) is 3.45. The van der Waals surface area contributed by atoms with Crippen LogP contribution in [-0.2, 0) is 33.7 Å². The molecule has 0 aliphatic heterocycles. The van der Waals surface area contributed by atoms with E-state index in [0.29, 0.717) is 21.9 Å². The molecule has 34 heavy (non-hydrogen) atoms. The van der Waals surface area contributed by atoms with Crippen molar-refractivity contribution in [3.63, 3.8) is 0 Å². The zero-order valence-corrected chi connectivity index (χ0v) is 22.8. The molecule has 1 aromatic carbocycles. The Morgan fingerprint density at radius 1 is 1.21 bits per heavy atom. The molecule has 7 nitrogen and oxygen atoms in total. The topological polar surface area (TPSA) is 89.8 Å². The van der Waals surface area contributed by atoms with Crippen LogP contribution in [0.4, 0.5) is 5.00 Å². The Hall–Kier alpha value is -1.95. The molecule has 1 aliphatic rings. The quantitative estimate of drug-likeness (QED) is 0.377. The highest BCUT2D eigenvalue weighted by Crippen LogP contribution is 2.39. The SMILES string of the molecule is CCOC(=O)c1c(NC(=O)CSCC(=O)N=c2sc3cc(Br)ccc3n2CC)sc2c1CCC2. The number of ether oxygens (including phenoxy) is 1. The molecule has 180 valence electrons. The van der Waals surface area contributed by atoms with Gasteiger partial charge in [0.25, 0.3) is 5.91 Å². The molecule has 0 bridgehead atoms. The van der Waals surface area contributed by atoms with Crippen molar-refractivity contribution in [3.05, 3.63) is 43.5 Å². The number of thiazole rings is 1. The van der Waals surface area contributed by atoms with Gasteiger partial charge < -0.3 is 14.6 Å². The van der Waals surface area contributed by atoms with E-state index >= 15 is 0 Å². The lowest BCUT2D eigenvalue weighted by Crippen LogP contribution is -2.19. The number of benzene rings is 1. The molecule has 0 radical (unpaired) electrons. The summed E-state index contributed by atoms with van der Waals surface area (Å²) < 4.78 is 9.24. The lowest BCUT2D eigenvalue weighted by Gasteiger charge is -2.07. The standard InChI is InChI=1S/C23H24BrN3O4S3/c1-3-27-15-9-8-13(24)10-17(15)34-23(27)26-19(29)12-32-11-18(28)25-21-20(22(30)31-4-2)14-6-5-7-16(14)33-21/h8-10H,3-7,11-12H2,1-2H3,(H,25,28). The predicted molar refractivity (Wildman–Crippen MR) is 142 cm³/mol. The van der Waals surface area contributed by atoms with Crippen molar-refractivity contribution >= 4 is 83.4 Å². The maximum Gasteiger partial charge on any atom is 0.341 e. The van der Waals surface area contributed by atoms with E-state index in [1.165, 1.54) is 34.4 Å². The Morgan fingerprint density at radius 3 is 2.79 bits per heavy atom. The lowest BCUT2D eigenvalue weighted by atomic mass is 10.1. The third kappa shape index (κ3) is 5.48. The number of thiophene rings is 1. The van der Waals surface area contributed by atoms with E-state index in [1.54, 1.807) is 6.92 Å². The van der Waals surface area contributed by atoms with E-state index in [0.717, 1.165) is 44.4 Å². The van der Waals surface area contributed by atoms with Crippen LogP contribution in [0.5, 0.6) is 0 Å². The van der Waals surface area contributed by atoms with Gasteiger partial charge in [-0.2, -0.15) is 4.99 Å². The number of hydrogen-bond acceptors (Lipinski definition) is 7. The van der Waals surface area contributed by atoms with Crippen LogP contribution >= 0.6 is 50.4 Å². The number of aromatic nitrogens is 1. The molecule has 3 aromatic rings. The number of hydrogen-bond donors (Lipinski definition) is 1. The second-order valence-corrected chi connectivity index (χ2v) is 11.6. The van der Waals surface area contributed by atoms with Crippen molar-refractivity contribution in [2.24, 2.45) is 4.99 Å². The smallest absolute Gasteiger partial charge is 0.341 e. The summed E-state index contributed by atoms with van der Waals surface area (Å²) in [4.78, 5) is 43.5. The van der Waals surface area contributed by atoms with Gasteiger partial charge >= 0.3 is 5.97 Å². The number of rotatable bonds is 8. The molecule has 2 aromatic heterocycles. The first kappa shape index (κ1) is 25.2. The molecule has 11 heteroatoms. The number of carbonyl (C=O) groups excluding carboxylic acids is 3. The van der Waals surface area contributed by atoms with Gasteiger partial charge in [-0.3, -0.25) is 9.59 Å². The van der Waals surface area contributed by atoms with Crippen molar-refractivity contribution in [1.29, 1.82) is 0 Å². The average molecular weight is 583 g/mol. The van der Waals surface area contributed by atoms with Crippen LogP contribution in [0.1, 0.15) is 41.1 Å². The fourth-order valence-corrected chi connectivity index (χ4v) is 7.44. The second-order valence-electron chi connectivity index (χ2n) is 7.57. The van der Waals surface area contributed by atoms with Gasteiger partial charge in [-0.15, -0.1) is 23.1 Å². The van der Waals surface area contributed by atoms with Crippen molar-refractivity contribution in [2.45, 2.75) is 39.7 Å². The first-order valence-electron chi connectivity index (χ1n) is 11.0. The van der Waals surface area contributed by atoms with E-state index in [1.807, 2.05) is 29.7 Å². The molecule has 2 amide bonds. The van der Waals surface area contributed by atoms with E-state index in [2.05, 4.69) is 26.2 Å². The highest BCUT2D eigenvalue weighted by atomic mass is 79.9. The van der Waals surface area contributed by atoms with Gasteiger partial charge in [0.2, 0.25) is 5.91 Å². The maximum absolute atomic E-state index is 12.5. The highest BCUT2D eigenvalue weighted by Gasteiger charge is 2.28. The molecule has 0 saturated carbocycles. The van der Waals surface area contributed by atoms with Gasteiger partial charge in [0.15, 0.2) is 4.80 Å². The minimum Gasteiger partial charge on any atom is -0.462 e. The second kappa shape index (κ2) is 11.2. The Labute approximate surface area is 217 Å². The number of fused-ring (bicyclic) bond motifs is 2. The van der Waals surface area contributed by atoms with Gasteiger partial charge in [-0.25, -0.2) is 4.79 Å². The number of aryl methyl sites for hydroxylation is 2. The molecule has 0 fully saturated rings. The Balaban J connectivity index is 1.38. The monoisotopic (exact) mass is 581 g/mol. The van der Waals surface area contributed by atoms with Crippen molar-refractivity contribution < 1.29 is 19.1 Å². The summed E-state index contributed by atoms with van der Waals surface area (Å²) in [6.45, 7) is 4.77. The van der Waals surface area contributed by atoms with Crippen LogP contribution in [-0.4, -0.2) is 40.5 Å². The predicted octanol–water partition coefficient (Wildman–Crippen LogP) is 5.01. The molecule has 0 unspecified atom stereocenters. The first-order valence-corrected chi connectivity index (χ1v) is 14.5. The summed E-state index contributed by atoms with van der Waals surface area (Å²) in [7, 11) is 0. The van der Waals surface area contributed by atoms with Crippen LogP contribution in [0.3, 0.4) is 0 Å². The molecule has 4 rings (SSSR count). The van der Waals surface area contributed by atoms with Gasteiger partial charge in [0, 0.05) is 15.9 Å². The molecule has 0 atom stereocenters. The maximum atomic E-state index is 12.5. The van der Waals surface area contributed by atoms with Gasteiger partial charge in [0.05, 0.1) is 33.9 Å². The molecule has 0 saturated heterocycles. The van der Waals surface area contributed by atoms with E-state index < -0.39 is 5.97 Å². The van der Waals surface area contributed by atoms with E-state index in [4.69, 9.17) is 4.74 Å². The number of amides is 2. The number of nitrogens with zero attached hydrogens (tertiary/aromatic N) is 2. The number of esters is 1. The van der Waals surface area contributed by atoms with E-state index in [9.17, 15) is 14.4 Å². The summed E-state index contributed by atoms with van der Waals surface area (Å²) in [6, 6.07) is 5.99. The largest absolute Gasteiger partial charge is 0.462 e. The molecular formula is C23H24BrN3O4S3. The third-order valence-corrected chi connectivity index (χ3v) is 8.95. The van der Waals surface area contributed by atoms with Crippen LogP contribution in [0.15, 0.2) is 27.7 Å². The fourth-order valence-electron chi connectivity index (χ4n) is 3.88. The molecule has 1 N–H and O–H groups in total. The molecular weight excluding hydrogens is 558 g/mol. The Bertz CT molecular complexity index is 1320. The third-order valence-electron chi connectivity index (χ3n) is 5.29. The van der Waals surface area contributed by atoms with Crippen molar-refractivity contribution in [3.8, 4) is 0 Å². The van der Waals surface area contributed by atoms with Crippen LogP contribution < -0.4 is 10.1 Å². The zero-order chi connectivity index (χ0) is 24.2. The summed E-state index contributed by atoms with van der Waals surface area (Å²) in [5.41, 5.74) is 2.53. The molecule has 2 heterocycles. The minimum absolute atomic E-state index is 0.0965.